The first-order valence-electron chi connectivity index (χ1n) is 5.91. The molecule has 2 aromatic heterocycles. The lowest BCUT2D eigenvalue weighted by atomic mass is 10.1. The molecule has 0 spiro atoms. The van der Waals surface area contributed by atoms with E-state index < -0.39 is 0 Å². The fraction of sp³-hybridized carbons (Fsp3) is 0.143. The molecule has 94 valence electrons. The molecule has 4 nitrogen and oxygen atoms in total. The Hall–Kier alpha value is -2.32. The van der Waals surface area contributed by atoms with Gasteiger partial charge in [-0.05, 0) is 41.4 Å². The minimum atomic E-state index is 0.102. The molecular formula is C14H12N4S. The molecule has 2 heterocycles. The van der Waals surface area contributed by atoms with Crippen LogP contribution in [0, 0.1) is 11.3 Å². The first-order valence-corrected chi connectivity index (χ1v) is 6.85. The van der Waals surface area contributed by atoms with E-state index in [0.29, 0.717) is 17.0 Å². The summed E-state index contributed by atoms with van der Waals surface area (Å²) >= 11 is 1.66. The van der Waals surface area contributed by atoms with E-state index >= 15 is 0 Å². The molecule has 3 aromatic rings. The lowest BCUT2D eigenvalue weighted by Crippen LogP contribution is -2.09. The number of rotatable bonds is 2. The maximum atomic E-state index is 9.12. The van der Waals surface area contributed by atoms with Gasteiger partial charge >= 0.3 is 0 Å². The molecule has 2 N–H and O–H groups in total. The van der Waals surface area contributed by atoms with Crippen molar-refractivity contribution in [2.24, 2.45) is 0 Å². The zero-order chi connectivity index (χ0) is 13.4. The van der Waals surface area contributed by atoms with Crippen LogP contribution in [-0.2, 0) is 0 Å². The van der Waals surface area contributed by atoms with Crippen molar-refractivity contribution in [2.75, 3.05) is 5.73 Å². The topological polar surface area (TPSA) is 67.6 Å². The number of hydrogen-bond acceptors (Lipinski definition) is 4. The predicted molar refractivity (Wildman–Crippen MR) is 77.0 cm³/mol. The molecule has 0 aliphatic rings. The van der Waals surface area contributed by atoms with Crippen LogP contribution in [0.2, 0.25) is 0 Å². The highest BCUT2D eigenvalue weighted by Crippen LogP contribution is 2.29. The zero-order valence-electron chi connectivity index (χ0n) is 10.4. The van der Waals surface area contributed by atoms with Crippen molar-refractivity contribution in [3.63, 3.8) is 0 Å². The fourth-order valence-electron chi connectivity index (χ4n) is 2.29. The smallest absolute Gasteiger partial charge is 0.201 e. The lowest BCUT2D eigenvalue weighted by molar-refractivity contribution is 0.670. The van der Waals surface area contributed by atoms with Crippen LogP contribution in [-0.4, -0.2) is 9.55 Å². The largest absolute Gasteiger partial charge is 0.369 e. The third-order valence-electron chi connectivity index (χ3n) is 3.28. The fourth-order valence-corrected chi connectivity index (χ4v) is 3.04. The summed E-state index contributed by atoms with van der Waals surface area (Å²) in [6.07, 6.45) is 0. The van der Waals surface area contributed by atoms with Gasteiger partial charge in [0.15, 0.2) is 0 Å². The Balaban J connectivity index is 2.25. The summed E-state index contributed by atoms with van der Waals surface area (Å²) in [6, 6.07) is 9.90. The first kappa shape index (κ1) is 11.8. The number of nitrogen functional groups attached to an aromatic ring is 1. The standard InChI is InChI=1S/C14H12N4S/c1-9(11-5-6-19-8-11)18-12-4-2-3-10(7-15)13(12)17-14(18)16/h2-6,8-9H,1H3,(H2,16,17). The highest BCUT2D eigenvalue weighted by Gasteiger charge is 2.17. The Labute approximate surface area is 114 Å². The van der Waals surface area contributed by atoms with Gasteiger partial charge in [-0.3, -0.25) is 0 Å². The van der Waals surface area contributed by atoms with Crippen LogP contribution in [0.4, 0.5) is 5.95 Å². The number of aromatic nitrogens is 2. The predicted octanol–water partition coefficient (Wildman–Crippen LogP) is 3.16. The van der Waals surface area contributed by atoms with Crippen LogP contribution in [0.25, 0.3) is 11.0 Å². The Morgan fingerprint density at radius 1 is 1.42 bits per heavy atom. The third kappa shape index (κ3) is 1.77. The van der Waals surface area contributed by atoms with Gasteiger partial charge in [-0.15, -0.1) is 0 Å². The Morgan fingerprint density at radius 2 is 2.26 bits per heavy atom. The molecule has 1 aromatic carbocycles. The van der Waals surface area contributed by atoms with Gasteiger partial charge < -0.3 is 10.3 Å². The number of nitrogens with two attached hydrogens (primary N) is 1. The molecule has 0 fully saturated rings. The molecule has 3 rings (SSSR count). The number of fused-ring (bicyclic) bond motifs is 1. The highest BCUT2D eigenvalue weighted by molar-refractivity contribution is 7.07. The van der Waals surface area contributed by atoms with E-state index in [1.54, 1.807) is 17.4 Å². The molecule has 5 heteroatoms. The third-order valence-corrected chi connectivity index (χ3v) is 3.98. The maximum absolute atomic E-state index is 9.12. The second-order valence-corrected chi connectivity index (χ2v) is 5.14. The van der Waals surface area contributed by atoms with Crippen LogP contribution in [0.15, 0.2) is 35.0 Å². The monoisotopic (exact) mass is 268 g/mol. The van der Waals surface area contributed by atoms with Crippen molar-refractivity contribution in [1.82, 2.24) is 9.55 Å². The number of nitriles is 1. The van der Waals surface area contributed by atoms with Crippen molar-refractivity contribution in [3.05, 3.63) is 46.2 Å². The quantitative estimate of drug-likeness (QED) is 0.776. The highest BCUT2D eigenvalue weighted by atomic mass is 32.1. The second kappa shape index (κ2) is 4.41. The molecule has 1 unspecified atom stereocenters. The minimum absolute atomic E-state index is 0.102. The van der Waals surface area contributed by atoms with E-state index in [1.165, 1.54) is 5.56 Å². The summed E-state index contributed by atoms with van der Waals surface area (Å²) in [5.74, 6) is 0.441. The molecule has 0 saturated heterocycles. The minimum Gasteiger partial charge on any atom is -0.369 e. The van der Waals surface area contributed by atoms with Gasteiger partial charge in [0, 0.05) is 0 Å². The zero-order valence-corrected chi connectivity index (χ0v) is 11.2. The van der Waals surface area contributed by atoms with Crippen molar-refractivity contribution in [2.45, 2.75) is 13.0 Å². The van der Waals surface area contributed by atoms with Crippen molar-refractivity contribution in [3.8, 4) is 6.07 Å². The second-order valence-electron chi connectivity index (χ2n) is 4.36. The Kier molecular flexibility index (Phi) is 2.73. The molecule has 0 aliphatic heterocycles. The molecular weight excluding hydrogens is 256 g/mol. The summed E-state index contributed by atoms with van der Waals surface area (Å²) in [7, 11) is 0. The number of anilines is 1. The van der Waals surface area contributed by atoms with E-state index in [0.717, 1.165) is 5.52 Å². The van der Waals surface area contributed by atoms with Crippen LogP contribution >= 0.6 is 11.3 Å². The van der Waals surface area contributed by atoms with Crippen LogP contribution in [0.5, 0.6) is 0 Å². The molecule has 0 saturated carbocycles. The number of benzene rings is 1. The molecule has 0 radical (unpaired) electrons. The summed E-state index contributed by atoms with van der Waals surface area (Å²) < 4.78 is 1.97. The van der Waals surface area contributed by atoms with E-state index in [4.69, 9.17) is 11.0 Å². The van der Waals surface area contributed by atoms with Gasteiger partial charge in [0.05, 0.1) is 17.1 Å². The van der Waals surface area contributed by atoms with Crippen molar-refractivity contribution < 1.29 is 0 Å². The van der Waals surface area contributed by atoms with Crippen LogP contribution < -0.4 is 5.73 Å². The van der Waals surface area contributed by atoms with Gasteiger partial charge in [-0.1, -0.05) is 6.07 Å². The maximum Gasteiger partial charge on any atom is 0.201 e. The molecule has 0 amide bonds. The SMILES string of the molecule is CC(c1ccsc1)n1c(N)nc2c(C#N)cccc21. The van der Waals surface area contributed by atoms with Gasteiger partial charge in [0.2, 0.25) is 5.95 Å². The van der Waals surface area contributed by atoms with E-state index in [9.17, 15) is 0 Å². The van der Waals surface area contributed by atoms with E-state index in [-0.39, 0.29) is 6.04 Å². The van der Waals surface area contributed by atoms with Crippen molar-refractivity contribution >= 4 is 28.3 Å². The lowest BCUT2D eigenvalue weighted by Gasteiger charge is -2.14. The molecule has 19 heavy (non-hydrogen) atoms. The normalized spacial score (nSPS) is 12.4. The average molecular weight is 268 g/mol. The number of thiophene rings is 1. The van der Waals surface area contributed by atoms with Gasteiger partial charge in [0.25, 0.3) is 0 Å². The summed E-state index contributed by atoms with van der Waals surface area (Å²) in [6.45, 7) is 2.08. The number of imidazole rings is 1. The Bertz CT molecular complexity index is 765. The first-order chi connectivity index (χ1) is 9.22. The van der Waals surface area contributed by atoms with Gasteiger partial charge in [-0.2, -0.15) is 16.6 Å². The Morgan fingerprint density at radius 3 is 2.95 bits per heavy atom. The summed E-state index contributed by atoms with van der Waals surface area (Å²) in [5, 5.41) is 13.3. The summed E-state index contributed by atoms with van der Waals surface area (Å²) in [4.78, 5) is 4.34. The van der Waals surface area contributed by atoms with Gasteiger partial charge in [0.1, 0.15) is 11.6 Å². The number of para-hydroxylation sites is 1. The van der Waals surface area contributed by atoms with Crippen LogP contribution in [0.1, 0.15) is 24.1 Å². The molecule has 1 atom stereocenters. The number of hydrogen-bond donors (Lipinski definition) is 1. The average Bonchev–Trinajstić information content (AvgIpc) is 3.04. The molecule has 0 bridgehead atoms. The van der Waals surface area contributed by atoms with E-state index in [1.807, 2.05) is 22.1 Å². The van der Waals surface area contributed by atoms with Crippen LogP contribution in [0.3, 0.4) is 0 Å². The van der Waals surface area contributed by atoms with E-state index in [2.05, 4.69) is 29.4 Å². The van der Waals surface area contributed by atoms with Crippen molar-refractivity contribution in [1.29, 1.82) is 5.26 Å². The summed E-state index contributed by atoms with van der Waals surface area (Å²) in [5.41, 5.74) is 9.35. The molecule has 0 aliphatic carbocycles. The number of nitrogens with zero attached hydrogens (tertiary/aromatic N) is 3. The van der Waals surface area contributed by atoms with Gasteiger partial charge in [-0.25, -0.2) is 4.98 Å².